The van der Waals surface area contributed by atoms with Crippen LogP contribution in [0.25, 0.3) is 0 Å². The molecule has 0 atom stereocenters. The molecule has 1 aromatic rings. The van der Waals surface area contributed by atoms with Crippen molar-refractivity contribution >= 4 is 17.7 Å². The number of carboxylic acids is 1. The van der Waals surface area contributed by atoms with Crippen molar-refractivity contribution in [3.63, 3.8) is 0 Å². The van der Waals surface area contributed by atoms with Gasteiger partial charge in [0.2, 0.25) is 0 Å². The first-order valence-corrected chi connectivity index (χ1v) is 6.19. The summed E-state index contributed by atoms with van der Waals surface area (Å²) in [5.41, 5.74) is 0.602. The molecule has 88 valence electrons. The first-order valence-electron chi connectivity index (χ1n) is 5.21. The number of hydrogen-bond acceptors (Lipinski definition) is 3. The van der Waals surface area contributed by atoms with E-state index >= 15 is 0 Å². The van der Waals surface area contributed by atoms with Gasteiger partial charge in [-0.05, 0) is 29.7 Å². The average Bonchev–Trinajstić information content (AvgIpc) is 2.16. The lowest BCUT2D eigenvalue weighted by molar-refractivity contribution is 0.0696. The number of hydrogen-bond donors (Lipinski definition) is 1. The summed E-state index contributed by atoms with van der Waals surface area (Å²) in [5.74, 6) is 0.0552. The van der Waals surface area contributed by atoms with Gasteiger partial charge in [-0.15, -0.1) is 11.8 Å². The molecule has 3 nitrogen and oxygen atoms in total. The second kappa shape index (κ2) is 5.34. The minimum absolute atomic E-state index is 0.299. The lowest BCUT2D eigenvalue weighted by Crippen LogP contribution is -2.06. The van der Waals surface area contributed by atoms with Crippen molar-refractivity contribution in [1.29, 1.82) is 0 Å². The van der Waals surface area contributed by atoms with Crippen molar-refractivity contribution in [1.82, 2.24) is 4.98 Å². The molecule has 0 unspecified atom stereocenters. The fraction of sp³-hybridized carbons (Fsp3) is 0.500. The highest BCUT2D eigenvalue weighted by atomic mass is 32.2. The number of nitrogens with zero attached hydrogens (tertiary/aromatic N) is 1. The molecule has 0 saturated heterocycles. The van der Waals surface area contributed by atoms with E-state index in [2.05, 4.69) is 25.8 Å². The van der Waals surface area contributed by atoms with Crippen molar-refractivity contribution in [2.45, 2.75) is 32.2 Å². The van der Waals surface area contributed by atoms with E-state index in [1.807, 2.05) is 0 Å². The van der Waals surface area contributed by atoms with E-state index in [0.717, 1.165) is 17.2 Å². The summed E-state index contributed by atoms with van der Waals surface area (Å²) in [5, 5.41) is 9.61. The Labute approximate surface area is 100 Å². The summed E-state index contributed by atoms with van der Waals surface area (Å²) < 4.78 is 0. The maximum absolute atomic E-state index is 10.7. The van der Waals surface area contributed by atoms with Crippen LogP contribution in [0.4, 0.5) is 0 Å². The smallest absolute Gasteiger partial charge is 0.335 e. The molecule has 1 heterocycles. The zero-order chi connectivity index (χ0) is 12.2. The van der Waals surface area contributed by atoms with Crippen molar-refractivity contribution in [3.8, 4) is 0 Å². The molecule has 16 heavy (non-hydrogen) atoms. The minimum Gasteiger partial charge on any atom is -0.478 e. The highest BCUT2D eigenvalue weighted by Crippen LogP contribution is 2.25. The third kappa shape index (κ3) is 4.66. The largest absolute Gasteiger partial charge is 0.478 e. The summed E-state index contributed by atoms with van der Waals surface area (Å²) >= 11 is 1.60. The van der Waals surface area contributed by atoms with Gasteiger partial charge >= 0.3 is 5.97 Å². The molecule has 0 aliphatic rings. The van der Waals surface area contributed by atoms with Crippen LogP contribution in [0.15, 0.2) is 23.4 Å². The number of pyridine rings is 1. The van der Waals surface area contributed by atoms with Crippen LogP contribution in [0.2, 0.25) is 0 Å². The molecule has 1 aromatic heterocycles. The zero-order valence-electron chi connectivity index (χ0n) is 9.86. The Kier molecular flexibility index (Phi) is 4.35. The molecule has 0 fully saturated rings. The summed E-state index contributed by atoms with van der Waals surface area (Å²) in [6.45, 7) is 6.57. The first-order chi connectivity index (χ1) is 7.38. The van der Waals surface area contributed by atoms with Crippen LogP contribution in [0.5, 0.6) is 0 Å². The zero-order valence-corrected chi connectivity index (χ0v) is 10.7. The average molecular weight is 239 g/mol. The second-order valence-corrected chi connectivity index (χ2v) is 5.96. The van der Waals surface area contributed by atoms with E-state index in [0.29, 0.717) is 11.0 Å². The maximum atomic E-state index is 10.7. The molecular formula is C12H17NO2S. The van der Waals surface area contributed by atoms with Crippen molar-refractivity contribution in [2.75, 3.05) is 5.75 Å². The van der Waals surface area contributed by atoms with E-state index < -0.39 is 5.97 Å². The molecular weight excluding hydrogens is 222 g/mol. The van der Waals surface area contributed by atoms with Gasteiger partial charge in [0.1, 0.15) is 0 Å². The Balaban J connectivity index is 2.55. The van der Waals surface area contributed by atoms with Crippen molar-refractivity contribution < 1.29 is 9.90 Å². The fourth-order valence-electron chi connectivity index (χ4n) is 1.08. The Morgan fingerprint density at radius 2 is 2.19 bits per heavy atom. The van der Waals surface area contributed by atoms with E-state index in [9.17, 15) is 4.79 Å². The fourth-order valence-corrected chi connectivity index (χ4v) is 2.35. The molecule has 1 rings (SSSR count). The van der Waals surface area contributed by atoms with Gasteiger partial charge in [0.15, 0.2) is 0 Å². The summed E-state index contributed by atoms with van der Waals surface area (Å²) in [4.78, 5) is 14.9. The Bertz CT molecular complexity index is 372. The predicted molar refractivity (Wildman–Crippen MR) is 66.0 cm³/mol. The summed E-state index contributed by atoms with van der Waals surface area (Å²) in [6.07, 6.45) is 2.62. The summed E-state index contributed by atoms with van der Waals surface area (Å²) in [6, 6.07) is 3.13. The third-order valence-corrected chi connectivity index (χ3v) is 3.01. The minimum atomic E-state index is -0.903. The molecule has 0 aliphatic heterocycles. The number of thioether (sulfide) groups is 1. The lowest BCUT2D eigenvalue weighted by atomic mass is 9.94. The molecule has 0 aliphatic carbocycles. The quantitative estimate of drug-likeness (QED) is 0.819. The first kappa shape index (κ1) is 13.0. The highest BCUT2D eigenvalue weighted by molar-refractivity contribution is 7.99. The van der Waals surface area contributed by atoms with Gasteiger partial charge in [0, 0.05) is 6.20 Å². The number of aromatic nitrogens is 1. The highest BCUT2D eigenvalue weighted by Gasteiger charge is 2.10. The molecule has 0 saturated carbocycles. The molecule has 0 amide bonds. The second-order valence-electron chi connectivity index (χ2n) is 4.85. The van der Waals surface area contributed by atoms with E-state index in [-0.39, 0.29) is 0 Å². The number of aromatic carboxylic acids is 1. The van der Waals surface area contributed by atoms with Crippen LogP contribution in [0.1, 0.15) is 37.6 Å². The Morgan fingerprint density at radius 1 is 1.50 bits per heavy atom. The number of rotatable bonds is 4. The standard InChI is InChI=1S/C12H17NO2S/c1-12(2,3)5-7-16-10-8-9(11(14)15)4-6-13-10/h4,6,8H,5,7H2,1-3H3,(H,14,15). The summed E-state index contributed by atoms with van der Waals surface area (Å²) in [7, 11) is 0. The molecule has 0 bridgehead atoms. The van der Waals surface area contributed by atoms with Gasteiger partial charge < -0.3 is 5.11 Å². The van der Waals surface area contributed by atoms with Gasteiger partial charge in [-0.1, -0.05) is 20.8 Å². The molecule has 4 heteroatoms. The Hall–Kier alpha value is -1.03. The van der Waals surface area contributed by atoms with Gasteiger partial charge in [-0.2, -0.15) is 0 Å². The third-order valence-electron chi connectivity index (χ3n) is 2.08. The van der Waals surface area contributed by atoms with E-state index in [1.54, 1.807) is 24.0 Å². The van der Waals surface area contributed by atoms with Crippen LogP contribution < -0.4 is 0 Å². The topological polar surface area (TPSA) is 50.2 Å². The normalized spacial score (nSPS) is 11.4. The van der Waals surface area contributed by atoms with Gasteiger partial charge in [-0.3, -0.25) is 0 Å². The molecule has 0 radical (unpaired) electrons. The van der Waals surface area contributed by atoms with E-state index in [4.69, 9.17) is 5.11 Å². The van der Waals surface area contributed by atoms with Gasteiger partial charge in [0.25, 0.3) is 0 Å². The number of carboxylic acid groups (broad SMARTS) is 1. The van der Waals surface area contributed by atoms with Crippen LogP contribution in [-0.2, 0) is 0 Å². The molecule has 0 spiro atoms. The van der Waals surface area contributed by atoms with E-state index in [1.165, 1.54) is 6.07 Å². The van der Waals surface area contributed by atoms with Crippen LogP contribution >= 0.6 is 11.8 Å². The van der Waals surface area contributed by atoms with Crippen LogP contribution in [0.3, 0.4) is 0 Å². The lowest BCUT2D eigenvalue weighted by Gasteiger charge is -2.16. The van der Waals surface area contributed by atoms with Gasteiger partial charge in [0.05, 0.1) is 10.6 Å². The molecule has 0 aromatic carbocycles. The van der Waals surface area contributed by atoms with Crippen molar-refractivity contribution in [2.24, 2.45) is 5.41 Å². The van der Waals surface area contributed by atoms with Crippen molar-refractivity contribution in [3.05, 3.63) is 23.9 Å². The maximum Gasteiger partial charge on any atom is 0.335 e. The predicted octanol–water partition coefficient (Wildman–Crippen LogP) is 3.31. The Morgan fingerprint density at radius 3 is 2.75 bits per heavy atom. The monoisotopic (exact) mass is 239 g/mol. The van der Waals surface area contributed by atoms with Gasteiger partial charge in [-0.25, -0.2) is 9.78 Å². The molecule has 1 N–H and O–H groups in total. The SMILES string of the molecule is CC(C)(C)CCSc1cc(C(=O)O)ccn1. The van der Waals surface area contributed by atoms with Crippen LogP contribution in [0, 0.1) is 5.41 Å². The number of carbonyl (C=O) groups is 1. The van der Waals surface area contributed by atoms with Crippen LogP contribution in [-0.4, -0.2) is 21.8 Å².